The van der Waals surface area contributed by atoms with E-state index >= 15 is 0 Å². The molecule has 1 heterocycles. The zero-order valence-corrected chi connectivity index (χ0v) is 14.3. The summed E-state index contributed by atoms with van der Waals surface area (Å²) in [6.07, 6.45) is 1.91. The van der Waals surface area contributed by atoms with Crippen LogP contribution in [0.5, 0.6) is 0 Å². The molecular formula is C23H18FN. The summed E-state index contributed by atoms with van der Waals surface area (Å²) in [5.41, 5.74) is 6.66. The van der Waals surface area contributed by atoms with E-state index in [2.05, 4.69) is 61.3 Å². The smallest absolute Gasteiger partial charge is 0.123 e. The van der Waals surface area contributed by atoms with Crippen molar-refractivity contribution in [3.05, 3.63) is 89.9 Å². The number of hydrogen-bond donors (Lipinski definition) is 0. The van der Waals surface area contributed by atoms with E-state index in [1.54, 1.807) is 12.1 Å². The second kappa shape index (κ2) is 6.14. The van der Waals surface area contributed by atoms with Gasteiger partial charge in [0, 0.05) is 17.1 Å². The lowest BCUT2D eigenvalue weighted by molar-refractivity contribution is 0.628. The molecule has 3 aromatic carbocycles. The highest BCUT2D eigenvalue weighted by molar-refractivity contribution is 5.89. The first-order valence-electron chi connectivity index (χ1n) is 8.33. The molecule has 0 amide bonds. The van der Waals surface area contributed by atoms with Crippen LogP contribution in [0, 0.1) is 19.7 Å². The first-order valence-corrected chi connectivity index (χ1v) is 8.33. The van der Waals surface area contributed by atoms with Gasteiger partial charge in [-0.2, -0.15) is 0 Å². The topological polar surface area (TPSA) is 12.9 Å². The summed E-state index contributed by atoms with van der Waals surface area (Å²) in [4.78, 5) is 4.65. The Balaban J connectivity index is 1.77. The Kier molecular flexibility index (Phi) is 3.81. The molecule has 0 fully saturated rings. The molecule has 2 heteroatoms. The molecule has 1 nitrogen and oxygen atoms in total. The van der Waals surface area contributed by atoms with Gasteiger partial charge in [-0.1, -0.05) is 41.5 Å². The van der Waals surface area contributed by atoms with Crippen molar-refractivity contribution in [1.82, 2.24) is 4.98 Å². The monoisotopic (exact) mass is 327 g/mol. The van der Waals surface area contributed by atoms with Gasteiger partial charge < -0.3 is 0 Å². The summed E-state index contributed by atoms with van der Waals surface area (Å²) >= 11 is 0. The number of nitrogens with zero attached hydrogens (tertiary/aromatic N) is 1. The van der Waals surface area contributed by atoms with E-state index in [0.717, 1.165) is 33.2 Å². The van der Waals surface area contributed by atoms with Crippen molar-refractivity contribution in [1.29, 1.82) is 0 Å². The van der Waals surface area contributed by atoms with E-state index < -0.39 is 0 Å². The van der Waals surface area contributed by atoms with Gasteiger partial charge in [0.1, 0.15) is 5.82 Å². The van der Waals surface area contributed by atoms with E-state index in [1.165, 1.54) is 23.3 Å². The van der Waals surface area contributed by atoms with Crippen LogP contribution in [0.25, 0.3) is 33.2 Å². The molecule has 4 aromatic rings. The van der Waals surface area contributed by atoms with Crippen LogP contribution >= 0.6 is 0 Å². The summed E-state index contributed by atoms with van der Waals surface area (Å²) in [6, 6.07) is 21.5. The second-order valence-corrected chi connectivity index (χ2v) is 6.51. The van der Waals surface area contributed by atoms with Gasteiger partial charge in [-0.25, -0.2) is 4.39 Å². The number of halogens is 1. The largest absolute Gasteiger partial charge is 0.256 e. The predicted octanol–water partition coefficient (Wildman–Crippen LogP) is 6.32. The third-order valence-corrected chi connectivity index (χ3v) is 4.42. The number of aryl methyl sites for hydroxylation is 2. The third kappa shape index (κ3) is 3.16. The van der Waals surface area contributed by atoms with Crippen LogP contribution in [-0.4, -0.2) is 4.98 Å². The van der Waals surface area contributed by atoms with Crippen molar-refractivity contribution < 1.29 is 4.39 Å². The van der Waals surface area contributed by atoms with E-state index in [0.29, 0.717) is 0 Å². The standard InChI is InChI=1S/C23H18FN/c1-15-9-16(2)11-20(10-15)23-13-19-4-3-18(12-21(19)14-25-23)17-5-7-22(24)8-6-17/h3-14H,1-2H3. The van der Waals surface area contributed by atoms with Crippen LogP contribution in [0.15, 0.2) is 72.9 Å². The highest BCUT2D eigenvalue weighted by Crippen LogP contribution is 2.28. The molecule has 0 spiro atoms. The molecule has 25 heavy (non-hydrogen) atoms. The maximum Gasteiger partial charge on any atom is 0.123 e. The molecule has 122 valence electrons. The average Bonchev–Trinajstić information content (AvgIpc) is 2.60. The summed E-state index contributed by atoms with van der Waals surface area (Å²) in [5.74, 6) is -0.218. The van der Waals surface area contributed by atoms with Gasteiger partial charge in [-0.3, -0.25) is 4.98 Å². The quantitative estimate of drug-likeness (QED) is 0.419. The molecule has 0 aliphatic rings. The molecule has 0 saturated carbocycles. The van der Waals surface area contributed by atoms with Gasteiger partial charge in [0.05, 0.1) is 5.69 Å². The fourth-order valence-electron chi connectivity index (χ4n) is 3.24. The van der Waals surface area contributed by atoms with Crippen LogP contribution < -0.4 is 0 Å². The zero-order valence-electron chi connectivity index (χ0n) is 14.3. The van der Waals surface area contributed by atoms with Crippen molar-refractivity contribution in [2.75, 3.05) is 0 Å². The summed E-state index contributed by atoms with van der Waals surface area (Å²) in [6.45, 7) is 4.21. The lowest BCUT2D eigenvalue weighted by Crippen LogP contribution is -1.87. The van der Waals surface area contributed by atoms with Gasteiger partial charge in [-0.15, -0.1) is 0 Å². The number of hydrogen-bond acceptors (Lipinski definition) is 1. The van der Waals surface area contributed by atoms with Gasteiger partial charge in [-0.05, 0) is 66.8 Å². The predicted molar refractivity (Wildman–Crippen MR) is 102 cm³/mol. The maximum atomic E-state index is 13.1. The minimum Gasteiger partial charge on any atom is -0.256 e. The Labute approximate surface area is 146 Å². The maximum absolute atomic E-state index is 13.1. The Hall–Kier alpha value is -3.00. The van der Waals surface area contributed by atoms with Crippen molar-refractivity contribution in [3.63, 3.8) is 0 Å². The van der Waals surface area contributed by atoms with E-state index in [-0.39, 0.29) is 5.82 Å². The lowest BCUT2D eigenvalue weighted by atomic mass is 10.00. The molecule has 0 atom stereocenters. The van der Waals surface area contributed by atoms with E-state index in [9.17, 15) is 4.39 Å². The number of aromatic nitrogens is 1. The van der Waals surface area contributed by atoms with Gasteiger partial charge >= 0.3 is 0 Å². The van der Waals surface area contributed by atoms with Gasteiger partial charge in [0.15, 0.2) is 0 Å². The van der Waals surface area contributed by atoms with Crippen molar-refractivity contribution in [2.24, 2.45) is 0 Å². The van der Waals surface area contributed by atoms with E-state index in [1.807, 2.05) is 6.20 Å². The summed E-state index contributed by atoms with van der Waals surface area (Å²) in [7, 11) is 0. The summed E-state index contributed by atoms with van der Waals surface area (Å²) < 4.78 is 13.1. The Morgan fingerprint density at radius 3 is 2.04 bits per heavy atom. The Bertz CT molecular complexity index is 1040. The van der Waals surface area contributed by atoms with E-state index in [4.69, 9.17) is 0 Å². The van der Waals surface area contributed by atoms with Crippen LogP contribution in [0.2, 0.25) is 0 Å². The Morgan fingerprint density at radius 2 is 1.32 bits per heavy atom. The first kappa shape index (κ1) is 15.5. The number of fused-ring (bicyclic) bond motifs is 1. The fraction of sp³-hybridized carbons (Fsp3) is 0.0870. The molecule has 0 radical (unpaired) electrons. The van der Waals surface area contributed by atoms with Crippen molar-refractivity contribution in [3.8, 4) is 22.4 Å². The molecule has 4 rings (SSSR count). The number of benzene rings is 3. The van der Waals surface area contributed by atoms with Crippen molar-refractivity contribution >= 4 is 10.8 Å². The fourth-order valence-corrected chi connectivity index (χ4v) is 3.24. The highest BCUT2D eigenvalue weighted by Gasteiger charge is 2.05. The minimum absolute atomic E-state index is 0.218. The second-order valence-electron chi connectivity index (χ2n) is 6.51. The SMILES string of the molecule is Cc1cc(C)cc(-c2cc3ccc(-c4ccc(F)cc4)cc3cn2)c1. The van der Waals surface area contributed by atoms with Crippen molar-refractivity contribution in [2.45, 2.75) is 13.8 Å². The molecule has 0 unspecified atom stereocenters. The Morgan fingerprint density at radius 1 is 0.640 bits per heavy atom. The van der Waals surface area contributed by atoms with Gasteiger partial charge in [0.2, 0.25) is 0 Å². The molecular weight excluding hydrogens is 309 g/mol. The highest BCUT2D eigenvalue weighted by atomic mass is 19.1. The number of rotatable bonds is 2. The van der Waals surface area contributed by atoms with Crippen LogP contribution in [0.3, 0.4) is 0 Å². The summed E-state index contributed by atoms with van der Waals surface area (Å²) in [5, 5.41) is 2.23. The molecule has 0 aliphatic carbocycles. The normalized spacial score (nSPS) is 11.0. The number of pyridine rings is 1. The minimum atomic E-state index is -0.218. The molecule has 1 aromatic heterocycles. The van der Waals surface area contributed by atoms with Crippen LogP contribution in [0.1, 0.15) is 11.1 Å². The average molecular weight is 327 g/mol. The lowest BCUT2D eigenvalue weighted by Gasteiger charge is -2.08. The third-order valence-electron chi connectivity index (χ3n) is 4.42. The first-order chi connectivity index (χ1) is 12.1. The van der Waals surface area contributed by atoms with Gasteiger partial charge in [0.25, 0.3) is 0 Å². The molecule has 0 bridgehead atoms. The van der Waals surface area contributed by atoms with Crippen LogP contribution in [0.4, 0.5) is 4.39 Å². The molecule has 0 N–H and O–H groups in total. The van der Waals surface area contributed by atoms with Crippen LogP contribution in [-0.2, 0) is 0 Å². The molecule has 0 aliphatic heterocycles. The zero-order chi connectivity index (χ0) is 17.4. The molecule has 0 saturated heterocycles.